The minimum Gasteiger partial charge on any atom is -0.447 e. The molecule has 0 unspecified atom stereocenters. The second-order valence-electron chi connectivity index (χ2n) is 2.38. The lowest BCUT2D eigenvalue weighted by atomic mass is 10.3. The summed E-state index contributed by atoms with van der Waals surface area (Å²) in [6, 6.07) is 5.30. The third-order valence-corrected chi connectivity index (χ3v) is 1.34. The van der Waals surface area contributed by atoms with Crippen molar-refractivity contribution in [1.82, 2.24) is 0 Å². The molecule has 0 N–H and O–H groups in total. The number of amides is 1. The highest BCUT2D eigenvalue weighted by molar-refractivity contribution is 5.67. The third-order valence-electron chi connectivity index (χ3n) is 1.34. The van der Waals surface area contributed by atoms with Gasteiger partial charge < -0.3 is 4.74 Å². The van der Waals surface area contributed by atoms with Gasteiger partial charge in [-0.2, -0.15) is 0 Å². The predicted octanol–water partition coefficient (Wildman–Crippen LogP) is 3.07. The van der Waals surface area contributed by atoms with Crippen LogP contribution < -0.4 is 0 Å². The molecule has 1 rings (SSSR count). The van der Waals surface area contributed by atoms with Gasteiger partial charge >= 0.3 is 6.09 Å². The van der Waals surface area contributed by atoms with Crippen molar-refractivity contribution >= 4 is 11.8 Å². The maximum absolute atomic E-state index is 12.4. The summed E-state index contributed by atoms with van der Waals surface area (Å²) in [6.45, 7) is 1.92. The molecule has 1 aromatic rings. The molecule has 0 atom stereocenters. The fourth-order valence-electron chi connectivity index (χ4n) is 0.759. The van der Waals surface area contributed by atoms with Crippen molar-refractivity contribution in [2.75, 3.05) is 6.61 Å². The summed E-state index contributed by atoms with van der Waals surface area (Å²) in [5.41, 5.74) is 0.402. The van der Waals surface area contributed by atoms with Gasteiger partial charge in [-0.05, 0) is 31.2 Å². The lowest BCUT2D eigenvalue weighted by Gasteiger charge is -1.93. The molecular weight excluding hydrogens is 187 g/mol. The first kappa shape index (κ1) is 10.3. The molecule has 1 amide bonds. The number of azo groups is 1. The van der Waals surface area contributed by atoms with E-state index < -0.39 is 6.09 Å². The van der Waals surface area contributed by atoms with Crippen LogP contribution >= 0.6 is 0 Å². The average molecular weight is 196 g/mol. The summed E-state index contributed by atoms with van der Waals surface area (Å²) in [5, 5.41) is 6.80. The smallest absolute Gasteiger partial charge is 0.447 e. The quantitative estimate of drug-likeness (QED) is 0.682. The SMILES string of the molecule is CCOC(=O)N=Nc1ccc(F)cc1. The summed E-state index contributed by atoms with van der Waals surface area (Å²) in [6.07, 6.45) is -0.753. The van der Waals surface area contributed by atoms with Gasteiger partial charge in [-0.3, -0.25) is 0 Å². The maximum Gasteiger partial charge on any atom is 0.452 e. The van der Waals surface area contributed by atoms with Gasteiger partial charge in [-0.15, -0.1) is 5.11 Å². The Balaban J connectivity index is 2.60. The zero-order valence-corrected chi connectivity index (χ0v) is 7.61. The number of rotatable bonds is 2. The van der Waals surface area contributed by atoms with Crippen LogP contribution in [0.15, 0.2) is 34.5 Å². The lowest BCUT2D eigenvalue weighted by molar-refractivity contribution is 0.162. The van der Waals surface area contributed by atoms with Gasteiger partial charge in [0, 0.05) is 0 Å². The predicted molar refractivity (Wildman–Crippen MR) is 47.9 cm³/mol. The van der Waals surface area contributed by atoms with Crippen molar-refractivity contribution in [1.29, 1.82) is 0 Å². The van der Waals surface area contributed by atoms with E-state index in [1.807, 2.05) is 0 Å². The van der Waals surface area contributed by atoms with E-state index in [-0.39, 0.29) is 12.4 Å². The van der Waals surface area contributed by atoms with E-state index in [1.54, 1.807) is 6.92 Å². The van der Waals surface area contributed by atoms with E-state index in [1.165, 1.54) is 24.3 Å². The molecule has 5 heteroatoms. The average Bonchev–Trinajstić information content (AvgIpc) is 2.17. The number of nitrogens with zero attached hydrogens (tertiary/aromatic N) is 2. The first-order valence-electron chi connectivity index (χ1n) is 4.06. The van der Waals surface area contributed by atoms with Crippen LogP contribution in [0, 0.1) is 5.82 Å². The monoisotopic (exact) mass is 196 g/mol. The number of hydrogen-bond donors (Lipinski definition) is 0. The topological polar surface area (TPSA) is 51.0 Å². The van der Waals surface area contributed by atoms with Crippen LogP contribution in [0.2, 0.25) is 0 Å². The molecule has 0 saturated carbocycles. The van der Waals surface area contributed by atoms with Gasteiger partial charge in [0.2, 0.25) is 0 Å². The number of benzene rings is 1. The zero-order valence-electron chi connectivity index (χ0n) is 7.61. The summed E-state index contributed by atoms with van der Waals surface area (Å²) in [5.74, 6) is -0.361. The summed E-state index contributed by atoms with van der Waals surface area (Å²) in [4.78, 5) is 10.7. The van der Waals surface area contributed by atoms with Gasteiger partial charge in [-0.25, -0.2) is 9.18 Å². The fraction of sp³-hybridized carbons (Fsp3) is 0.222. The fourth-order valence-corrected chi connectivity index (χ4v) is 0.759. The molecule has 4 nitrogen and oxygen atoms in total. The highest BCUT2D eigenvalue weighted by Gasteiger charge is 1.96. The van der Waals surface area contributed by atoms with E-state index in [2.05, 4.69) is 15.0 Å². The first-order valence-corrected chi connectivity index (χ1v) is 4.06. The number of ether oxygens (including phenoxy) is 1. The molecular formula is C9H9FN2O2. The highest BCUT2D eigenvalue weighted by Crippen LogP contribution is 2.12. The molecule has 0 aromatic heterocycles. The molecule has 0 radical (unpaired) electrons. The van der Waals surface area contributed by atoms with Crippen LogP contribution in [-0.2, 0) is 4.74 Å². The van der Waals surface area contributed by atoms with E-state index in [0.29, 0.717) is 5.69 Å². The van der Waals surface area contributed by atoms with Crippen LogP contribution in [0.25, 0.3) is 0 Å². The summed E-state index contributed by atoms with van der Waals surface area (Å²) >= 11 is 0. The van der Waals surface area contributed by atoms with Crippen molar-refractivity contribution in [2.45, 2.75) is 6.92 Å². The van der Waals surface area contributed by atoms with Gasteiger partial charge in [0.15, 0.2) is 0 Å². The van der Waals surface area contributed by atoms with Crippen LogP contribution in [-0.4, -0.2) is 12.7 Å². The molecule has 0 aliphatic carbocycles. The molecule has 74 valence electrons. The molecule has 0 saturated heterocycles. The second kappa shape index (κ2) is 5.06. The Kier molecular flexibility index (Phi) is 3.72. The number of hydrogen-bond acceptors (Lipinski definition) is 3. The standard InChI is InChI=1S/C9H9FN2O2/c1-2-14-9(13)12-11-8-5-3-7(10)4-6-8/h3-6H,2H2,1H3. The third kappa shape index (κ3) is 3.30. The minimum absolute atomic E-state index is 0.251. The van der Waals surface area contributed by atoms with Gasteiger partial charge in [0.25, 0.3) is 0 Å². The van der Waals surface area contributed by atoms with Gasteiger partial charge in [0.05, 0.1) is 12.3 Å². The highest BCUT2D eigenvalue weighted by atomic mass is 19.1. The Morgan fingerprint density at radius 3 is 2.64 bits per heavy atom. The number of carbonyl (C=O) groups is 1. The Labute approximate surface area is 80.4 Å². The van der Waals surface area contributed by atoms with Crippen molar-refractivity contribution in [2.24, 2.45) is 10.2 Å². The Morgan fingerprint density at radius 2 is 2.07 bits per heavy atom. The molecule has 0 bridgehead atoms. The molecule has 0 spiro atoms. The van der Waals surface area contributed by atoms with Crippen molar-refractivity contribution < 1.29 is 13.9 Å². The Bertz CT molecular complexity index is 335. The minimum atomic E-state index is -0.753. The van der Waals surface area contributed by atoms with Crippen molar-refractivity contribution in [3.63, 3.8) is 0 Å². The largest absolute Gasteiger partial charge is 0.452 e. The van der Waals surface area contributed by atoms with E-state index in [9.17, 15) is 9.18 Å². The first-order chi connectivity index (χ1) is 6.72. The Morgan fingerprint density at radius 1 is 1.43 bits per heavy atom. The van der Waals surface area contributed by atoms with E-state index in [4.69, 9.17) is 0 Å². The molecule has 0 fully saturated rings. The number of carbonyl (C=O) groups excluding carboxylic acids is 1. The normalized spacial score (nSPS) is 10.4. The van der Waals surface area contributed by atoms with Crippen LogP contribution in [0.3, 0.4) is 0 Å². The molecule has 1 aromatic carbocycles. The molecule has 0 aliphatic heterocycles. The zero-order chi connectivity index (χ0) is 10.4. The van der Waals surface area contributed by atoms with Crippen molar-refractivity contribution in [3.8, 4) is 0 Å². The maximum atomic E-state index is 12.4. The summed E-state index contributed by atoms with van der Waals surface area (Å²) < 4.78 is 17.0. The van der Waals surface area contributed by atoms with Gasteiger partial charge in [0.1, 0.15) is 5.82 Å². The molecule has 0 aliphatic rings. The van der Waals surface area contributed by atoms with Crippen LogP contribution in [0.1, 0.15) is 6.92 Å². The molecule has 14 heavy (non-hydrogen) atoms. The molecule has 0 heterocycles. The van der Waals surface area contributed by atoms with Crippen LogP contribution in [0.4, 0.5) is 14.9 Å². The number of halogens is 1. The van der Waals surface area contributed by atoms with Crippen molar-refractivity contribution in [3.05, 3.63) is 30.1 Å². The Hall–Kier alpha value is -1.78. The van der Waals surface area contributed by atoms with Crippen LogP contribution in [0.5, 0.6) is 0 Å². The van der Waals surface area contributed by atoms with Gasteiger partial charge in [-0.1, -0.05) is 5.11 Å². The lowest BCUT2D eigenvalue weighted by Crippen LogP contribution is -1.95. The van der Waals surface area contributed by atoms with E-state index >= 15 is 0 Å². The second-order valence-corrected chi connectivity index (χ2v) is 2.38. The van der Waals surface area contributed by atoms with E-state index in [0.717, 1.165) is 0 Å². The summed E-state index contributed by atoms with van der Waals surface area (Å²) in [7, 11) is 0.